The number of aliphatic hydroxyl groups is 1. The number of hydrogen-bond donors (Lipinski definition) is 3. The number of pyridine rings is 2. The van der Waals surface area contributed by atoms with Crippen molar-refractivity contribution in [2.24, 2.45) is 0 Å². The predicted molar refractivity (Wildman–Crippen MR) is 142 cm³/mol. The molecule has 1 aliphatic rings. The minimum absolute atomic E-state index is 0.166. The average Bonchev–Trinajstić information content (AvgIpc) is 2.86. The molecule has 0 spiro atoms. The Morgan fingerprint density at radius 1 is 1.29 bits per heavy atom. The monoisotopic (exact) mass is 472 g/mol. The van der Waals surface area contributed by atoms with Crippen molar-refractivity contribution in [1.82, 2.24) is 14.9 Å². The van der Waals surface area contributed by atoms with Crippen molar-refractivity contribution in [1.29, 1.82) is 5.41 Å². The van der Waals surface area contributed by atoms with Gasteiger partial charge in [-0.15, -0.1) is 0 Å². The number of ether oxygens (including phenoxy) is 1. The molecule has 3 N–H and O–H groups in total. The summed E-state index contributed by atoms with van der Waals surface area (Å²) in [6.45, 7) is 6.31. The zero-order chi connectivity index (χ0) is 25.4. The summed E-state index contributed by atoms with van der Waals surface area (Å²) in [6, 6.07) is 3.52. The molecule has 0 radical (unpaired) electrons. The minimum Gasteiger partial charge on any atom is -0.494 e. The van der Waals surface area contributed by atoms with Gasteiger partial charge in [-0.25, -0.2) is 0 Å². The van der Waals surface area contributed by atoms with E-state index in [1.54, 1.807) is 48.3 Å². The highest BCUT2D eigenvalue weighted by Crippen LogP contribution is 2.26. The van der Waals surface area contributed by atoms with E-state index in [1.165, 1.54) is 0 Å². The quantitative estimate of drug-likeness (QED) is 0.366. The van der Waals surface area contributed by atoms with E-state index in [1.807, 2.05) is 44.3 Å². The van der Waals surface area contributed by atoms with Gasteiger partial charge >= 0.3 is 0 Å². The standard InChI is InChI=1S/C28H32N4O3/c1-5-7-25(35-6-2)12-9-21-17-32(24-11-13-26(29)22(14-24)15-30-4)28(34)27(19(21)3)20-8-10-23(18-33)31-16-20/h7-17,29-30,33H,5-6,18H2,1-4H3/b12-9-,22-15-,25-7-,29-26?. The Hall–Kier alpha value is -3.97. The lowest BCUT2D eigenvalue weighted by molar-refractivity contribution is 0.242. The van der Waals surface area contributed by atoms with Crippen LogP contribution in [0.4, 0.5) is 0 Å². The van der Waals surface area contributed by atoms with Gasteiger partial charge in [-0.05, 0) is 73.9 Å². The van der Waals surface area contributed by atoms with Crippen molar-refractivity contribution in [3.8, 4) is 11.1 Å². The fourth-order valence-corrected chi connectivity index (χ4v) is 3.78. The lowest BCUT2D eigenvalue weighted by Gasteiger charge is -2.18. The lowest BCUT2D eigenvalue weighted by Crippen LogP contribution is -2.23. The average molecular weight is 473 g/mol. The van der Waals surface area contributed by atoms with Crippen LogP contribution >= 0.6 is 0 Å². The fourth-order valence-electron chi connectivity index (χ4n) is 3.78. The topological polar surface area (TPSA) is 100 Å². The third kappa shape index (κ3) is 5.94. The van der Waals surface area contributed by atoms with Crippen LogP contribution in [0, 0.1) is 12.3 Å². The molecule has 0 saturated heterocycles. The molecular formula is C28H32N4O3. The molecule has 0 aliphatic heterocycles. The number of aliphatic hydroxyl groups excluding tert-OH is 1. The first kappa shape index (κ1) is 25.6. The molecule has 0 saturated carbocycles. The largest absolute Gasteiger partial charge is 0.494 e. The van der Waals surface area contributed by atoms with Gasteiger partial charge in [0.15, 0.2) is 0 Å². The van der Waals surface area contributed by atoms with Crippen molar-refractivity contribution in [2.75, 3.05) is 13.7 Å². The van der Waals surface area contributed by atoms with Crippen LogP contribution in [-0.4, -0.2) is 34.0 Å². The highest BCUT2D eigenvalue weighted by molar-refractivity contribution is 6.11. The SMILES string of the molecule is CC/C=C(/C=C\c1cn(C2=C/C(=C/NC)C(=N)C=C2)c(=O)c(-c2ccc(CO)nc2)c1C)OCC. The number of nitrogens with one attached hydrogen (secondary N) is 2. The zero-order valence-electron chi connectivity index (χ0n) is 20.6. The first-order valence-electron chi connectivity index (χ1n) is 11.6. The van der Waals surface area contributed by atoms with Crippen LogP contribution in [-0.2, 0) is 11.3 Å². The molecule has 0 atom stereocenters. The molecule has 2 aromatic heterocycles. The van der Waals surface area contributed by atoms with E-state index in [4.69, 9.17) is 10.1 Å². The molecule has 7 heteroatoms. The maximum absolute atomic E-state index is 13.7. The third-order valence-corrected chi connectivity index (χ3v) is 5.54. The Kier molecular flexibility index (Phi) is 8.75. The molecule has 3 rings (SSSR count). The van der Waals surface area contributed by atoms with Crippen molar-refractivity contribution in [3.63, 3.8) is 0 Å². The number of allylic oxidation sites excluding steroid dienone is 7. The number of aromatic nitrogens is 2. The van der Waals surface area contributed by atoms with Crippen molar-refractivity contribution in [3.05, 3.63) is 99.6 Å². The van der Waals surface area contributed by atoms with Gasteiger partial charge in [0, 0.05) is 42.5 Å². The molecule has 7 nitrogen and oxygen atoms in total. The van der Waals surface area contributed by atoms with Crippen LogP contribution in [0.1, 0.15) is 37.1 Å². The number of nitrogens with zero attached hydrogens (tertiary/aromatic N) is 2. The molecule has 0 bridgehead atoms. The Morgan fingerprint density at radius 2 is 2.09 bits per heavy atom. The molecule has 182 valence electrons. The molecular weight excluding hydrogens is 440 g/mol. The van der Waals surface area contributed by atoms with Gasteiger partial charge in [0.25, 0.3) is 5.56 Å². The molecule has 0 fully saturated rings. The van der Waals surface area contributed by atoms with Gasteiger partial charge in [-0.1, -0.05) is 13.0 Å². The van der Waals surface area contributed by atoms with Crippen LogP contribution in [0.2, 0.25) is 0 Å². The van der Waals surface area contributed by atoms with Gasteiger partial charge in [0.2, 0.25) is 0 Å². The van der Waals surface area contributed by atoms with Gasteiger partial charge in [0.1, 0.15) is 5.76 Å². The zero-order valence-corrected chi connectivity index (χ0v) is 20.6. The second-order valence-electron chi connectivity index (χ2n) is 7.94. The van der Waals surface area contributed by atoms with Crippen molar-refractivity contribution < 1.29 is 9.84 Å². The van der Waals surface area contributed by atoms with E-state index in [9.17, 15) is 9.90 Å². The van der Waals surface area contributed by atoms with E-state index in [2.05, 4.69) is 17.2 Å². The van der Waals surface area contributed by atoms with Gasteiger partial charge in [-0.3, -0.25) is 14.3 Å². The van der Waals surface area contributed by atoms with Gasteiger partial charge < -0.3 is 20.6 Å². The smallest absolute Gasteiger partial charge is 0.263 e. The van der Waals surface area contributed by atoms with E-state index in [-0.39, 0.29) is 12.2 Å². The molecule has 1 aliphatic carbocycles. The number of rotatable bonds is 9. The van der Waals surface area contributed by atoms with E-state index < -0.39 is 0 Å². The molecule has 0 amide bonds. The molecule has 2 heterocycles. The van der Waals surface area contributed by atoms with Crippen LogP contribution in [0.3, 0.4) is 0 Å². The first-order valence-corrected chi connectivity index (χ1v) is 11.6. The summed E-state index contributed by atoms with van der Waals surface area (Å²) < 4.78 is 7.31. The maximum Gasteiger partial charge on any atom is 0.263 e. The fraction of sp³-hybridized carbons (Fsp3) is 0.250. The second kappa shape index (κ2) is 11.9. The number of hydrogen-bond acceptors (Lipinski definition) is 6. The van der Waals surface area contributed by atoms with Crippen LogP contribution < -0.4 is 10.9 Å². The van der Waals surface area contributed by atoms with Gasteiger partial charge in [-0.2, -0.15) is 0 Å². The van der Waals surface area contributed by atoms with E-state index in [0.717, 1.165) is 23.3 Å². The van der Waals surface area contributed by atoms with E-state index in [0.29, 0.717) is 40.4 Å². The van der Waals surface area contributed by atoms with E-state index >= 15 is 0 Å². The Balaban J connectivity index is 2.24. The Labute approximate surface area is 206 Å². The maximum atomic E-state index is 13.7. The minimum atomic E-state index is -0.194. The summed E-state index contributed by atoms with van der Waals surface area (Å²) >= 11 is 0. The van der Waals surface area contributed by atoms with Crippen LogP contribution in [0.25, 0.3) is 22.9 Å². The van der Waals surface area contributed by atoms with Crippen LogP contribution in [0.5, 0.6) is 0 Å². The summed E-state index contributed by atoms with van der Waals surface area (Å²) in [4.78, 5) is 18.0. The summed E-state index contributed by atoms with van der Waals surface area (Å²) in [6.07, 6.45) is 17.1. The third-order valence-electron chi connectivity index (χ3n) is 5.54. The molecule has 0 aromatic carbocycles. The van der Waals surface area contributed by atoms with Crippen molar-refractivity contribution in [2.45, 2.75) is 33.8 Å². The first-order chi connectivity index (χ1) is 16.9. The normalized spacial score (nSPS) is 15.1. The van der Waals surface area contributed by atoms with Crippen molar-refractivity contribution >= 4 is 17.5 Å². The Bertz CT molecular complexity index is 1290. The van der Waals surface area contributed by atoms with Crippen LogP contribution in [0.15, 0.2) is 77.2 Å². The molecule has 0 unspecified atom stereocenters. The molecule has 35 heavy (non-hydrogen) atoms. The predicted octanol–water partition coefficient (Wildman–Crippen LogP) is 4.59. The summed E-state index contributed by atoms with van der Waals surface area (Å²) in [5, 5.41) is 20.5. The molecule has 2 aromatic rings. The summed E-state index contributed by atoms with van der Waals surface area (Å²) in [7, 11) is 1.77. The summed E-state index contributed by atoms with van der Waals surface area (Å²) in [5.41, 5.74) is 4.88. The highest BCUT2D eigenvalue weighted by Gasteiger charge is 2.17. The highest BCUT2D eigenvalue weighted by atomic mass is 16.5. The van der Waals surface area contributed by atoms with Gasteiger partial charge in [0.05, 0.1) is 30.2 Å². The lowest BCUT2D eigenvalue weighted by atomic mass is 9.98. The Morgan fingerprint density at radius 3 is 2.71 bits per heavy atom. The summed E-state index contributed by atoms with van der Waals surface area (Å²) in [5.74, 6) is 0.770. The second-order valence-corrected chi connectivity index (χ2v) is 7.94.